The number of hydrogen-bond acceptors (Lipinski definition) is 6. The van der Waals surface area contributed by atoms with E-state index in [2.05, 4.69) is 54.8 Å². The lowest BCUT2D eigenvalue weighted by Crippen LogP contribution is -2.58. The van der Waals surface area contributed by atoms with Gasteiger partial charge in [0.05, 0.1) is 26.1 Å². The van der Waals surface area contributed by atoms with Gasteiger partial charge >= 0.3 is 0 Å². The lowest BCUT2D eigenvalue weighted by Gasteiger charge is -2.03. The molecule has 1 N–H and O–H groups in total. The maximum atomic E-state index is 8.60. The SMILES string of the molecule is Cc1ccc2nc3c4ccccc4scc-3c2c1.[O-][Cl+3]([O-])([O-])O. The maximum absolute atomic E-state index is 8.60. The second kappa shape index (κ2) is 6.01. The number of aryl methyl sites for hydroxylation is 1. The number of rotatable bonds is 0. The van der Waals surface area contributed by atoms with E-state index in [0.717, 1.165) is 11.2 Å². The zero-order valence-electron chi connectivity index (χ0n) is 12.0. The standard InChI is InChI=1S/C16H11NS.ClHO4/c1-10-6-7-14-12(8-10)13-9-18-15-5-3-2-4-11(15)16(13)17-14;2-1(3,4)5/h2-9H,1H3;(H,2,3,4,5). The summed E-state index contributed by atoms with van der Waals surface area (Å²) in [5.41, 5.74) is 4.79. The highest BCUT2D eigenvalue weighted by molar-refractivity contribution is 7.17. The molecule has 0 unspecified atom stereocenters. The summed E-state index contributed by atoms with van der Waals surface area (Å²) >= 11 is 1.79. The largest absolute Gasteiger partial charge is 0.247 e. The second-order valence-electron chi connectivity index (χ2n) is 5.02. The molecule has 0 aliphatic carbocycles. The summed E-state index contributed by atoms with van der Waals surface area (Å²) in [6.45, 7) is 2.13. The van der Waals surface area contributed by atoms with Gasteiger partial charge in [0.25, 0.3) is 0 Å². The Kier molecular flexibility index (Phi) is 4.20. The highest BCUT2D eigenvalue weighted by Crippen LogP contribution is 2.38. The smallest absolute Gasteiger partial charge is 0.0810 e. The molecular formula is C16H12ClNO4S. The Hall–Kier alpha value is -1.80. The highest BCUT2D eigenvalue weighted by atomic mass is 35.7. The Morgan fingerprint density at radius 1 is 1.04 bits per heavy atom. The fourth-order valence-corrected chi connectivity index (χ4v) is 3.42. The number of benzene rings is 2. The van der Waals surface area contributed by atoms with Crippen molar-refractivity contribution >= 4 is 32.3 Å². The third kappa shape index (κ3) is 3.59. The fraction of sp³-hybridized carbons (Fsp3) is 0.0625. The van der Waals surface area contributed by atoms with Gasteiger partial charge in [-0.2, -0.15) is 14.0 Å². The van der Waals surface area contributed by atoms with Gasteiger partial charge in [0, 0.05) is 26.4 Å². The first-order chi connectivity index (χ1) is 10.8. The van der Waals surface area contributed by atoms with Crippen LogP contribution in [0.2, 0.25) is 0 Å². The summed E-state index contributed by atoms with van der Waals surface area (Å²) in [7, 11) is -4.69. The Labute approximate surface area is 138 Å². The molecule has 2 heterocycles. The third-order valence-corrected chi connectivity index (χ3v) is 4.34. The van der Waals surface area contributed by atoms with Crippen LogP contribution in [0.5, 0.6) is 0 Å². The van der Waals surface area contributed by atoms with Crippen molar-refractivity contribution in [3.05, 3.63) is 53.4 Å². The van der Waals surface area contributed by atoms with E-state index in [1.54, 1.807) is 11.3 Å². The molecule has 7 heteroatoms. The zero-order valence-corrected chi connectivity index (χ0v) is 13.6. The van der Waals surface area contributed by atoms with Crippen molar-refractivity contribution in [2.24, 2.45) is 0 Å². The maximum Gasteiger partial charge on any atom is 0.0810 e. The molecule has 4 rings (SSSR count). The van der Waals surface area contributed by atoms with Crippen LogP contribution in [0, 0.1) is 17.2 Å². The van der Waals surface area contributed by atoms with Gasteiger partial charge < -0.3 is 0 Å². The van der Waals surface area contributed by atoms with E-state index in [-0.39, 0.29) is 0 Å². The Bertz CT molecular complexity index is 942. The zero-order chi connectivity index (χ0) is 16.6. The van der Waals surface area contributed by atoms with Gasteiger partial charge in [-0.1, -0.05) is 29.8 Å². The molecular weight excluding hydrogens is 338 g/mol. The molecule has 0 amide bonds. The second-order valence-corrected chi connectivity index (χ2v) is 6.73. The van der Waals surface area contributed by atoms with Crippen LogP contribution in [0.3, 0.4) is 0 Å². The minimum Gasteiger partial charge on any atom is -0.247 e. The van der Waals surface area contributed by atoms with E-state index in [1.807, 2.05) is 0 Å². The molecule has 23 heavy (non-hydrogen) atoms. The normalized spacial score (nSPS) is 11.7. The average Bonchev–Trinajstić information content (AvgIpc) is 2.84. The van der Waals surface area contributed by atoms with Gasteiger partial charge in [-0.25, -0.2) is 4.98 Å². The van der Waals surface area contributed by atoms with Crippen LogP contribution in [0.25, 0.3) is 32.2 Å². The number of hydrogen-bond donors (Lipinski definition) is 1. The van der Waals surface area contributed by atoms with Gasteiger partial charge in [-0.05, 0) is 25.1 Å². The van der Waals surface area contributed by atoms with Gasteiger partial charge in [0.1, 0.15) is 0 Å². The summed E-state index contributed by atoms with van der Waals surface area (Å²) in [4.78, 5) is 4.79. The topological polar surface area (TPSA) is 102 Å². The van der Waals surface area contributed by atoms with Crippen LogP contribution in [-0.4, -0.2) is 9.64 Å². The van der Waals surface area contributed by atoms with Crippen molar-refractivity contribution in [1.29, 1.82) is 0 Å². The fourth-order valence-electron chi connectivity index (χ4n) is 2.48. The predicted molar refractivity (Wildman–Crippen MR) is 80.7 cm³/mol. The molecule has 0 radical (unpaired) electrons. The first-order valence-corrected chi connectivity index (χ1v) is 8.77. The van der Waals surface area contributed by atoms with Crippen LogP contribution in [0.1, 0.15) is 5.56 Å². The first-order valence-electron chi connectivity index (χ1n) is 6.62. The van der Waals surface area contributed by atoms with Crippen LogP contribution in [0.15, 0.2) is 47.8 Å². The third-order valence-electron chi connectivity index (χ3n) is 3.38. The van der Waals surface area contributed by atoms with Gasteiger partial charge in [-0.3, -0.25) is 0 Å². The number of halogens is 1. The Balaban J connectivity index is 0.000000276. The molecule has 0 bridgehead atoms. The van der Waals surface area contributed by atoms with Gasteiger partial charge in [-0.15, -0.1) is 11.3 Å². The van der Waals surface area contributed by atoms with Gasteiger partial charge in [0.15, 0.2) is 0 Å². The predicted octanol–water partition coefficient (Wildman–Crippen LogP) is 0.739. The molecule has 5 nitrogen and oxygen atoms in total. The minimum absolute atomic E-state index is 1.10. The number of fused-ring (bicyclic) bond motifs is 5. The lowest BCUT2D eigenvalue weighted by atomic mass is 10.1. The van der Waals surface area contributed by atoms with Crippen LogP contribution < -0.4 is 14.0 Å². The Morgan fingerprint density at radius 2 is 1.74 bits per heavy atom. The molecule has 0 aromatic heterocycles. The summed E-state index contributed by atoms with van der Waals surface area (Å²) in [6.07, 6.45) is 0. The molecule has 2 aromatic carbocycles. The van der Waals surface area contributed by atoms with E-state index in [4.69, 9.17) is 23.6 Å². The monoisotopic (exact) mass is 349 g/mol. The molecule has 0 saturated heterocycles. The van der Waals surface area contributed by atoms with E-state index in [1.165, 1.54) is 26.6 Å². The molecule has 0 saturated carbocycles. The van der Waals surface area contributed by atoms with E-state index < -0.39 is 10.2 Å². The van der Waals surface area contributed by atoms with Crippen molar-refractivity contribution < 1.29 is 28.9 Å². The molecule has 2 aromatic rings. The molecule has 118 valence electrons. The van der Waals surface area contributed by atoms with E-state index in [9.17, 15) is 0 Å². The average molecular weight is 350 g/mol. The van der Waals surface area contributed by atoms with Crippen molar-refractivity contribution in [3.63, 3.8) is 0 Å². The summed E-state index contributed by atoms with van der Waals surface area (Å²) in [6, 6.07) is 14.9. The van der Waals surface area contributed by atoms with Gasteiger partial charge in [0.2, 0.25) is 0 Å². The summed E-state index contributed by atoms with van der Waals surface area (Å²) < 4.78 is 34.0. The molecule has 0 fully saturated rings. The van der Waals surface area contributed by atoms with Crippen molar-refractivity contribution in [2.45, 2.75) is 6.92 Å². The van der Waals surface area contributed by atoms with E-state index >= 15 is 0 Å². The van der Waals surface area contributed by atoms with Crippen molar-refractivity contribution in [2.75, 3.05) is 0 Å². The van der Waals surface area contributed by atoms with Crippen LogP contribution in [-0.2, 0) is 0 Å². The number of nitrogens with zero attached hydrogens (tertiary/aromatic N) is 1. The minimum atomic E-state index is -4.69. The van der Waals surface area contributed by atoms with Crippen LogP contribution in [0.4, 0.5) is 0 Å². The summed E-state index contributed by atoms with van der Waals surface area (Å²) in [5, 5.41) is 4.76. The van der Waals surface area contributed by atoms with Crippen LogP contribution >= 0.6 is 11.3 Å². The summed E-state index contributed by atoms with van der Waals surface area (Å²) in [5.74, 6) is 0. The van der Waals surface area contributed by atoms with Crippen molar-refractivity contribution in [3.8, 4) is 11.3 Å². The molecule has 2 aliphatic rings. The molecule has 0 atom stereocenters. The molecule has 2 aliphatic heterocycles. The Morgan fingerprint density at radius 3 is 2.48 bits per heavy atom. The first kappa shape index (κ1) is 16.1. The van der Waals surface area contributed by atoms with E-state index in [0.29, 0.717) is 0 Å². The lowest BCUT2D eigenvalue weighted by molar-refractivity contribution is -1.92. The molecule has 0 spiro atoms. The van der Waals surface area contributed by atoms with Crippen molar-refractivity contribution in [1.82, 2.24) is 4.98 Å². The number of aromatic nitrogens is 1. The quantitative estimate of drug-likeness (QED) is 0.504. The highest BCUT2D eigenvalue weighted by Gasteiger charge is 2.14.